The molecule has 3 heteroatoms. The molecule has 1 fully saturated rings. The van der Waals surface area contributed by atoms with Crippen molar-refractivity contribution in [1.82, 2.24) is 5.32 Å². The maximum atomic E-state index is 11.6. The Labute approximate surface area is 115 Å². The summed E-state index contributed by atoms with van der Waals surface area (Å²) in [6, 6.07) is 5.68. The van der Waals surface area contributed by atoms with E-state index in [0.717, 1.165) is 24.0 Å². The zero-order chi connectivity index (χ0) is 14.3. The molecule has 0 spiro atoms. The zero-order valence-electron chi connectivity index (χ0n) is 12.2. The first-order chi connectivity index (χ1) is 8.72. The maximum Gasteiger partial charge on any atom is 0.220 e. The van der Waals surface area contributed by atoms with Crippen molar-refractivity contribution in [3.8, 4) is 5.75 Å². The fraction of sp³-hybridized carbons (Fsp3) is 0.562. The van der Waals surface area contributed by atoms with E-state index in [4.69, 9.17) is 0 Å². The van der Waals surface area contributed by atoms with Gasteiger partial charge in [0.25, 0.3) is 0 Å². The van der Waals surface area contributed by atoms with Crippen molar-refractivity contribution in [3.63, 3.8) is 0 Å². The Bertz CT molecular complexity index is 502. The smallest absolute Gasteiger partial charge is 0.220 e. The van der Waals surface area contributed by atoms with E-state index < -0.39 is 0 Å². The number of benzene rings is 1. The number of phenolic OH excluding ortho intramolecular Hbond substituents is 1. The normalized spacial score (nSPS) is 24.1. The molecule has 1 aromatic rings. The molecule has 1 heterocycles. The molecule has 1 amide bonds. The number of hydrogen-bond acceptors (Lipinski definition) is 2. The Morgan fingerprint density at radius 1 is 1.32 bits per heavy atom. The number of amides is 1. The number of rotatable bonds is 1. The third-order valence-corrected chi connectivity index (χ3v) is 3.94. The van der Waals surface area contributed by atoms with Gasteiger partial charge in [0.15, 0.2) is 0 Å². The molecular weight excluding hydrogens is 238 g/mol. The van der Waals surface area contributed by atoms with Gasteiger partial charge in [-0.15, -0.1) is 0 Å². The molecule has 3 nitrogen and oxygen atoms in total. The van der Waals surface area contributed by atoms with Crippen LogP contribution in [0.4, 0.5) is 0 Å². The monoisotopic (exact) mass is 261 g/mol. The van der Waals surface area contributed by atoms with Crippen molar-refractivity contribution in [2.75, 3.05) is 0 Å². The van der Waals surface area contributed by atoms with Crippen LogP contribution in [0.1, 0.15) is 58.1 Å². The van der Waals surface area contributed by atoms with Crippen LogP contribution in [-0.2, 0) is 15.7 Å². The number of carbonyl (C=O) groups is 1. The second kappa shape index (κ2) is 4.55. The highest BCUT2D eigenvalue weighted by Crippen LogP contribution is 2.36. The van der Waals surface area contributed by atoms with Crippen molar-refractivity contribution in [2.24, 2.45) is 0 Å². The van der Waals surface area contributed by atoms with Crippen LogP contribution >= 0.6 is 0 Å². The van der Waals surface area contributed by atoms with E-state index in [-0.39, 0.29) is 16.9 Å². The molecule has 1 atom stereocenters. The minimum absolute atomic E-state index is 0.110. The second-order valence-electron chi connectivity index (χ2n) is 6.72. The van der Waals surface area contributed by atoms with Crippen molar-refractivity contribution in [1.29, 1.82) is 0 Å². The summed E-state index contributed by atoms with van der Waals surface area (Å²) in [6.07, 6.45) is 2.46. The number of hydrogen-bond donors (Lipinski definition) is 2. The van der Waals surface area contributed by atoms with E-state index in [0.29, 0.717) is 12.2 Å². The summed E-state index contributed by atoms with van der Waals surface area (Å²) in [5.41, 5.74) is 1.56. The molecule has 0 radical (unpaired) electrons. The molecule has 2 N–H and O–H groups in total. The number of piperidine rings is 1. The summed E-state index contributed by atoms with van der Waals surface area (Å²) in [4.78, 5) is 11.6. The Hall–Kier alpha value is -1.51. The van der Waals surface area contributed by atoms with Gasteiger partial charge in [-0.25, -0.2) is 0 Å². The minimum Gasteiger partial charge on any atom is -0.508 e. The van der Waals surface area contributed by atoms with Crippen LogP contribution in [0, 0.1) is 0 Å². The first-order valence-electron chi connectivity index (χ1n) is 6.87. The van der Waals surface area contributed by atoms with E-state index in [1.807, 2.05) is 12.1 Å². The first kappa shape index (κ1) is 13.9. The van der Waals surface area contributed by atoms with Crippen LogP contribution in [0.15, 0.2) is 18.2 Å². The summed E-state index contributed by atoms with van der Waals surface area (Å²) >= 11 is 0. The summed E-state index contributed by atoms with van der Waals surface area (Å²) in [6.45, 7) is 8.29. The highest BCUT2D eigenvalue weighted by atomic mass is 16.3. The molecule has 1 aliphatic heterocycles. The van der Waals surface area contributed by atoms with Crippen LogP contribution in [0.3, 0.4) is 0 Å². The second-order valence-corrected chi connectivity index (χ2v) is 6.72. The van der Waals surface area contributed by atoms with Crippen molar-refractivity contribution in [2.45, 2.75) is 57.9 Å². The number of carbonyl (C=O) groups excluding carboxylic acids is 1. The van der Waals surface area contributed by atoms with Crippen molar-refractivity contribution < 1.29 is 9.90 Å². The molecule has 2 rings (SSSR count). The Morgan fingerprint density at radius 3 is 2.58 bits per heavy atom. The Morgan fingerprint density at radius 2 is 2.00 bits per heavy atom. The van der Waals surface area contributed by atoms with Gasteiger partial charge in [0.2, 0.25) is 5.91 Å². The molecule has 104 valence electrons. The highest BCUT2D eigenvalue weighted by molar-refractivity contribution is 5.78. The average molecular weight is 261 g/mol. The molecule has 1 aromatic carbocycles. The number of phenols is 1. The van der Waals surface area contributed by atoms with Gasteiger partial charge >= 0.3 is 0 Å². The highest BCUT2D eigenvalue weighted by Gasteiger charge is 2.33. The van der Waals surface area contributed by atoms with E-state index in [1.54, 1.807) is 6.07 Å². The maximum absolute atomic E-state index is 11.6. The SMILES string of the molecule is CC(C)(C)c1cc(C2(C)CCCC(=O)N2)ccc1O. The van der Waals surface area contributed by atoms with Gasteiger partial charge in [0, 0.05) is 6.42 Å². The van der Waals surface area contributed by atoms with Crippen LogP contribution in [-0.4, -0.2) is 11.0 Å². The lowest BCUT2D eigenvalue weighted by atomic mass is 9.79. The lowest BCUT2D eigenvalue weighted by Gasteiger charge is -2.36. The topological polar surface area (TPSA) is 49.3 Å². The molecule has 1 saturated heterocycles. The van der Waals surface area contributed by atoms with Gasteiger partial charge in [0.1, 0.15) is 5.75 Å². The lowest BCUT2D eigenvalue weighted by Crippen LogP contribution is -2.46. The van der Waals surface area contributed by atoms with Gasteiger partial charge in [-0.2, -0.15) is 0 Å². The average Bonchev–Trinajstić information content (AvgIpc) is 2.27. The molecule has 1 unspecified atom stereocenters. The molecule has 0 saturated carbocycles. The fourth-order valence-electron chi connectivity index (χ4n) is 2.73. The summed E-state index contributed by atoms with van der Waals surface area (Å²) in [5.74, 6) is 0.432. The quantitative estimate of drug-likeness (QED) is 0.815. The van der Waals surface area contributed by atoms with Gasteiger partial charge in [-0.1, -0.05) is 26.8 Å². The van der Waals surface area contributed by atoms with Crippen molar-refractivity contribution in [3.05, 3.63) is 29.3 Å². The zero-order valence-corrected chi connectivity index (χ0v) is 12.2. The predicted molar refractivity (Wildman–Crippen MR) is 76.2 cm³/mol. The molecule has 0 aliphatic carbocycles. The molecular formula is C16H23NO2. The largest absolute Gasteiger partial charge is 0.508 e. The third-order valence-electron chi connectivity index (χ3n) is 3.94. The van der Waals surface area contributed by atoms with Crippen LogP contribution in [0.5, 0.6) is 5.75 Å². The van der Waals surface area contributed by atoms with Gasteiger partial charge in [-0.3, -0.25) is 4.79 Å². The lowest BCUT2D eigenvalue weighted by molar-refractivity contribution is -0.125. The van der Waals surface area contributed by atoms with E-state index in [1.165, 1.54) is 0 Å². The van der Waals surface area contributed by atoms with Gasteiger partial charge in [0.05, 0.1) is 5.54 Å². The molecule has 0 bridgehead atoms. The van der Waals surface area contributed by atoms with E-state index >= 15 is 0 Å². The van der Waals surface area contributed by atoms with Crippen LogP contribution in [0.25, 0.3) is 0 Å². The van der Waals surface area contributed by atoms with Crippen LogP contribution < -0.4 is 5.32 Å². The molecule has 0 aromatic heterocycles. The number of aromatic hydroxyl groups is 1. The molecule has 19 heavy (non-hydrogen) atoms. The standard InChI is InChI=1S/C16H23NO2/c1-15(2,3)12-10-11(7-8-13(12)18)16(4)9-5-6-14(19)17-16/h7-8,10,18H,5-6,9H2,1-4H3,(H,17,19). The van der Waals surface area contributed by atoms with Crippen molar-refractivity contribution >= 4 is 5.91 Å². The van der Waals surface area contributed by atoms with Crippen LogP contribution in [0.2, 0.25) is 0 Å². The van der Waals surface area contributed by atoms with E-state index in [2.05, 4.69) is 33.0 Å². The summed E-state index contributed by atoms with van der Waals surface area (Å²) in [5, 5.41) is 13.1. The number of nitrogens with one attached hydrogen (secondary N) is 1. The third kappa shape index (κ3) is 2.75. The fourth-order valence-corrected chi connectivity index (χ4v) is 2.73. The minimum atomic E-state index is -0.316. The van der Waals surface area contributed by atoms with Gasteiger partial charge < -0.3 is 10.4 Å². The van der Waals surface area contributed by atoms with E-state index in [9.17, 15) is 9.90 Å². The Kier molecular flexibility index (Phi) is 3.33. The van der Waals surface area contributed by atoms with Gasteiger partial charge in [-0.05, 0) is 48.4 Å². The molecule has 1 aliphatic rings. The first-order valence-corrected chi connectivity index (χ1v) is 6.87. The predicted octanol–water partition coefficient (Wildman–Crippen LogP) is 3.21. The Balaban J connectivity index is 2.43. The summed E-state index contributed by atoms with van der Waals surface area (Å²) in [7, 11) is 0. The summed E-state index contributed by atoms with van der Waals surface area (Å²) < 4.78 is 0.